The van der Waals surface area contributed by atoms with E-state index in [1.54, 1.807) is 0 Å². The monoisotopic (exact) mass is 358 g/mol. The van der Waals surface area contributed by atoms with Crippen molar-refractivity contribution in [3.63, 3.8) is 0 Å². The van der Waals surface area contributed by atoms with Gasteiger partial charge in [0, 0.05) is 32.7 Å². The molecular weight excluding hydrogens is 324 g/mol. The number of hydrogen-bond acceptors (Lipinski definition) is 3. The highest BCUT2D eigenvalue weighted by atomic mass is 16.5. The van der Waals surface area contributed by atoms with Gasteiger partial charge in [0.05, 0.1) is 18.8 Å². The lowest BCUT2D eigenvalue weighted by Crippen LogP contribution is -2.44. The largest absolute Gasteiger partial charge is 0.373 e. The van der Waals surface area contributed by atoms with Crippen LogP contribution in [0.3, 0.4) is 0 Å². The minimum Gasteiger partial charge on any atom is -0.373 e. The van der Waals surface area contributed by atoms with Crippen LogP contribution in [0.4, 0.5) is 0 Å². The molecule has 0 saturated carbocycles. The first-order chi connectivity index (χ1) is 12.5. The standard InChI is InChI=1S/C21H34N4O/c1-16-8-10-25(11-9-16)21(22)23-12-19-4-6-20(7-5-19)15-24-13-17(2)26-18(3)14-24/h4-7,16-18H,8-15H2,1-3H3,(H2,22,23). The van der Waals surface area contributed by atoms with Gasteiger partial charge in [-0.2, -0.15) is 0 Å². The summed E-state index contributed by atoms with van der Waals surface area (Å²) in [4.78, 5) is 9.29. The zero-order valence-corrected chi connectivity index (χ0v) is 16.5. The Kier molecular flexibility index (Phi) is 6.54. The molecule has 2 fully saturated rings. The molecule has 2 aliphatic rings. The first kappa shape index (κ1) is 19.2. The molecule has 5 nitrogen and oxygen atoms in total. The summed E-state index contributed by atoms with van der Waals surface area (Å²) >= 11 is 0. The maximum absolute atomic E-state index is 6.18. The third kappa shape index (κ3) is 5.45. The van der Waals surface area contributed by atoms with Crippen molar-refractivity contribution in [1.82, 2.24) is 9.80 Å². The maximum atomic E-state index is 6.18. The summed E-state index contributed by atoms with van der Waals surface area (Å²) in [5, 5.41) is 0. The summed E-state index contributed by atoms with van der Waals surface area (Å²) in [7, 11) is 0. The number of piperidine rings is 1. The second kappa shape index (κ2) is 8.87. The molecule has 3 rings (SSSR count). The number of hydrogen-bond donors (Lipinski definition) is 1. The van der Waals surface area contributed by atoms with Crippen LogP contribution in [-0.4, -0.2) is 54.1 Å². The van der Waals surface area contributed by atoms with Crippen molar-refractivity contribution in [2.24, 2.45) is 16.6 Å². The first-order valence-electron chi connectivity index (χ1n) is 10.00. The van der Waals surface area contributed by atoms with Gasteiger partial charge in [0.25, 0.3) is 0 Å². The van der Waals surface area contributed by atoms with Crippen molar-refractivity contribution in [1.29, 1.82) is 0 Å². The van der Waals surface area contributed by atoms with Crippen LogP contribution in [0, 0.1) is 5.92 Å². The van der Waals surface area contributed by atoms with Gasteiger partial charge >= 0.3 is 0 Å². The van der Waals surface area contributed by atoms with E-state index in [2.05, 4.69) is 59.8 Å². The quantitative estimate of drug-likeness (QED) is 0.664. The molecule has 26 heavy (non-hydrogen) atoms. The fourth-order valence-corrected chi connectivity index (χ4v) is 3.93. The number of nitrogens with two attached hydrogens (primary N) is 1. The Bertz CT molecular complexity index is 583. The number of likely N-dealkylation sites (tertiary alicyclic amines) is 1. The third-order valence-electron chi connectivity index (χ3n) is 5.46. The molecule has 0 aromatic heterocycles. The Morgan fingerprint density at radius 2 is 1.62 bits per heavy atom. The van der Waals surface area contributed by atoms with E-state index in [-0.39, 0.29) is 0 Å². The van der Waals surface area contributed by atoms with E-state index in [4.69, 9.17) is 10.5 Å². The van der Waals surface area contributed by atoms with E-state index in [1.165, 1.54) is 24.0 Å². The number of rotatable bonds is 4. The fraction of sp³-hybridized carbons (Fsp3) is 0.667. The smallest absolute Gasteiger partial charge is 0.191 e. The number of benzene rings is 1. The summed E-state index contributed by atoms with van der Waals surface area (Å²) in [6.45, 7) is 12.3. The maximum Gasteiger partial charge on any atom is 0.191 e. The van der Waals surface area contributed by atoms with Gasteiger partial charge in [0.1, 0.15) is 0 Å². The molecule has 1 aromatic carbocycles. The molecule has 0 radical (unpaired) electrons. The Balaban J connectivity index is 1.50. The van der Waals surface area contributed by atoms with E-state index >= 15 is 0 Å². The van der Waals surface area contributed by atoms with Crippen molar-refractivity contribution >= 4 is 5.96 Å². The van der Waals surface area contributed by atoms with Gasteiger partial charge in [-0.15, -0.1) is 0 Å². The zero-order chi connectivity index (χ0) is 18.5. The lowest BCUT2D eigenvalue weighted by molar-refractivity contribution is -0.0704. The van der Waals surface area contributed by atoms with Gasteiger partial charge in [0.2, 0.25) is 0 Å². The minimum atomic E-state index is 0.313. The molecule has 144 valence electrons. The van der Waals surface area contributed by atoms with E-state index < -0.39 is 0 Å². The van der Waals surface area contributed by atoms with Gasteiger partial charge < -0.3 is 15.4 Å². The highest BCUT2D eigenvalue weighted by Gasteiger charge is 2.22. The highest BCUT2D eigenvalue weighted by molar-refractivity contribution is 5.78. The Hall–Kier alpha value is -1.59. The highest BCUT2D eigenvalue weighted by Crippen LogP contribution is 2.17. The number of aliphatic imine (C=N–C) groups is 1. The Morgan fingerprint density at radius 1 is 1.04 bits per heavy atom. The van der Waals surface area contributed by atoms with Gasteiger partial charge in [-0.05, 0) is 43.7 Å². The molecule has 5 heteroatoms. The second-order valence-corrected chi connectivity index (χ2v) is 8.11. The lowest BCUT2D eigenvalue weighted by Gasteiger charge is -2.35. The number of ether oxygens (including phenoxy) is 1. The molecule has 2 N–H and O–H groups in total. The van der Waals surface area contributed by atoms with Crippen molar-refractivity contribution in [3.05, 3.63) is 35.4 Å². The molecule has 2 saturated heterocycles. The molecule has 2 unspecified atom stereocenters. The molecule has 0 bridgehead atoms. The molecule has 0 aliphatic carbocycles. The molecule has 2 atom stereocenters. The summed E-state index contributed by atoms with van der Waals surface area (Å²) in [5.41, 5.74) is 8.74. The SMILES string of the molecule is CC1CCN(C(N)=NCc2ccc(CN3CC(C)OC(C)C3)cc2)CC1. The number of morpholine rings is 1. The normalized spacial score (nSPS) is 26.3. The molecular formula is C21H34N4O. The van der Waals surface area contributed by atoms with Crippen LogP contribution in [0.25, 0.3) is 0 Å². The van der Waals surface area contributed by atoms with Crippen LogP contribution in [-0.2, 0) is 17.8 Å². The second-order valence-electron chi connectivity index (χ2n) is 8.11. The molecule has 0 amide bonds. The van der Waals surface area contributed by atoms with Gasteiger partial charge in [-0.1, -0.05) is 31.2 Å². The average molecular weight is 359 g/mol. The number of nitrogens with zero attached hydrogens (tertiary/aromatic N) is 3. The zero-order valence-electron chi connectivity index (χ0n) is 16.5. The van der Waals surface area contributed by atoms with Crippen LogP contribution < -0.4 is 5.73 Å². The van der Waals surface area contributed by atoms with Crippen molar-refractivity contribution in [3.8, 4) is 0 Å². The molecule has 0 spiro atoms. The van der Waals surface area contributed by atoms with Crippen LogP contribution in [0.2, 0.25) is 0 Å². The van der Waals surface area contributed by atoms with E-state index in [9.17, 15) is 0 Å². The Labute approximate surface area is 158 Å². The first-order valence-corrected chi connectivity index (χ1v) is 10.00. The minimum absolute atomic E-state index is 0.313. The third-order valence-corrected chi connectivity index (χ3v) is 5.46. The predicted molar refractivity (Wildman–Crippen MR) is 107 cm³/mol. The fourth-order valence-electron chi connectivity index (χ4n) is 3.93. The van der Waals surface area contributed by atoms with Crippen LogP contribution >= 0.6 is 0 Å². The van der Waals surface area contributed by atoms with Crippen molar-refractivity contribution in [2.75, 3.05) is 26.2 Å². The van der Waals surface area contributed by atoms with Gasteiger partial charge in [0.15, 0.2) is 5.96 Å². The van der Waals surface area contributed by atoms with Crippen molar-refractivity contribution < 1.29 is 4.74 Å². The van der Waals surface area contributed by atoms with E-state index in [1.807, 2.05) is 0 Å². The lowest BCUT2D eigenvalue weighted by atomic mass is 10.00. The van der Waals surface area contributed by atoms with E-state index in [0.717, 1.165) is 38.6 Å². The van der Waals surface area contributed by atoms with Crippen LogP contribution in [0.5, 0.6) is 0 Å². The molecule has 2 heterocycles. The molecule has 2 aliphatic heterocycles. The molecule has 1 aromatic rings. The number of guanidine groups is 1. The summed E-state index contributed by atoms with van der Waals surface area (Å²) in [6, 6.07) is 8.79. The van der Waals surface area contributed by atoms with E-state index in [0.29, 0.717) is 24.7 Å². The average Bonchev–Trinajstić information content (AvgIpc) is 2.60. The predicted octanol–water partition coefficient (Wildman–Crippen LogP) is 2.84. The summed E-state index contributed by atoms with van der Waals surface area (Å²) in [5.74, 6) is 1.50. The van der Waals surface area contributed by atoms with Crippen LogP contribution in [0.1, 0.15) is 44.7 Å². The van der Waals surface area contributed by atoms with Gasteiger partial charge in [-0.3, -0.25) is 4.90 Å². The topological polar surface area (TPSA) is 54.1 Å². The summed E-state index contributed by atoms with van der Waals surface area (Å²) < 4.78 is 5.81. The van der Waals surface area contributed by atoms with Crippen LogP contribution in [0.15, 0.2) is 29.3 Å². The Morgan fingerprint density at radius 3 is 2.23 bits per heavy atom. The summed E-state index contributed by atoms with van der Waals surface area (Å²) in [6.07, 6.45) is 3.05. The van der Waals surface area contributed by atoms with Gasteiger partial charge in [-0.25, -0.2) is 4.99 Å². The van der Waals surface area contributed by atoms with Crippen molar-refractivity contribution in [2.45, 2.75) is 58.9 Å².